The van der Waals surface area contributed by atoms with Crippen LogP contribution in [0.1, 0.15) is 22.5 Å². The van der Waals surface area contributed by atoms with Gasteiger partial charge in [0, 0.05) is 19.6 Å². The van der Waals surface area contributed by atoms with Gasteiger partial charge in [0.2, 0.25) is 10.0 Å². The topological polar surface area (TPSA) is 66.5 Å². The fourth-order valence-corrected chi connectivity index (χ4v) is 4.16. The fourth-order valence-electron chi connectivity index (χ4n) is 2.27. The molecule has 1 aliphatic rings. The molecule has 1 atom stereocenters. The summed E-state index contributed by atoms with van der Waals surface area (Å²) in [6.07, 6.45) is 3.01. The van der Waals surface area contributed by atoms with Gasteiger partial charge in [0.15, 0.2) is 0 Å². The van der Waals surface area contributed by atoms with Crippen molar-refractivity contribution in [3.8, 4) is 0 Å². The van der Waals surface area contributed by atoms with Gasteiger partial charge in [0.25, 0.3) is 5.91 Å². The molecule has 1 fully saturated rings. The van der Waals surface area contributed by atoms with Gasteiger partial charge in [-0.15, -0.1) is 11.3 Å². The first-order valence-corrected chi connectivity index (χ1v) is 9.84. The second-order valence-corrected chi connectivity index (χ2v) is 9.28. The number of hydrogen-bond acceptors (Lipinski definition) is 4. The van der Waals surface area contributed by atoms with Crippen LogP contribution < -0.4 is 4.72 Å². The van der Waals surface area contributed by atoms with Crippen molar-refractivity contribution >= 4 is 43.2 Å². The van der Waals surface area contributed by atoms with E-state index in [1.54, 1.807) is 0 Å². The number of carbonyl (C=O) groups is 1. The second kappa shape index (κ2) is 6.55. The smallest absolute Gasteiger partial charge is 0.263 e. The van der Waals surface area contributed by atoms with Crippen LogP contribution in [0.25, 0.3) is 0 Å². The van der Waals surface area contributed by atoms with E-state index < -0.39 is 10.0 Å². The van der Waals surface area contributed by atoms with Gasteiger partial charge in [0.1, 0.15) is 0 Å². The van der Waals surface area contributed by atoms with Gasteiger partial charge in [-0.25, -0.2) is 13.1 Å². The Bertz CT molecular complexity index is 585. The largest absolute Gasteiger partial charge is 0.338 e. The van der Waals surface area contributed by atoms with Crippen LogP contribution >= 0.6 is 27.3 Å². The monoisotopic (exact) mass is 380 g/mol. The van der Waals surface area contributed by atoms with Gasteiger partial charge in [-0.05, 0) is 46.8 Å². The number of likely N-dealkylation sites (tertiary alicyclic amines) is 1. The number of carbonyl (C=O) groups excluding carboxylic acids is 1. The molecule has 1 aromatic heterocycles. The highest BCUT2D eigenvalue weighted by atomic mass is 79.9. The molecule has 1 amide bonds. The molecule has 8 heteroatoms. The van der Waals surface area contributed by atoms with Crippen LogP contribution in [0, 0.1) is 5.92 Å². The van der Waals surface area contributed by atoms with Crippen LogP contribution in [-0.2, 0) is 10.0 Å². The van der Waals surface area contributed by atoms with Crippen molar-refractivity contribution in [1.82, 2.24) is 9.62 Å². The van der Waals surface area contributed by atoms with Gasteiger partial charge in [0.05, 0.1) is 14.9 Å². The van der Waals surface area contributed by atoms with Gasteiger partial charge in [-0.2, -0.15) is 0 Å². The summed E-state index contributed by atoms with van der Waals surface area (Å²) in [5.74, 6) is 0.218. The summed E-state index contributed by atoms with van der Waals surface area (Å²) in [7, 11) is -3.17. The van der Waals surface area contributed by atoms with Crippen LogP contribution in [0.5, 0.6) is 0 Å². The van der Waals surface area contributed by atoms with Gasteiger partial charge in [-0.3, -0.25) is 4.79 Å². The quantitative estimate of drug-likeness (QED) is 0.867. The lowest BCUT2D eigenvalue weighted by atomic mass is 9.98. The molecule has 1 aliphatic heterocycles. The molecule has 0 aliphatic carbocycles. The highest BCUT2D eigenvalue weighted by molar-refractivity contribution is 9.11. The molecule has 1 saturated heterocycles. The second-order valence-electron chi connectivity index (χ2n) is 4.98. The van der Waals surface area contributed by atoms with Crippen LogP contribution in [0.15, 0.2) is 15.9 Å². The van der Waals surface area contributed by atoms with E-state index in [1.165, 1.54) is 11.3 Å². The molecular weight excluding hydrogens is 364 g/mol. The third-order valence-electron chi connectivity index (χ3n) is 3.22. The van der Waals surface area contributed by atoms with E-state index in [9.17, 15) is 13.2 Å². The standard InChI is InChI=1S/C12H17BrN2O3S2/c1-20(17,18)14-7-9-3-2-6-15(8-9)12(16)10-4-5-11(13)19-10/h4-5,9,14H,2-3,6-8H2,1H3. The number of nitrogens with one attached hydrogen (secondary N) is 1. The molecule has 1 N–H and O–H groups in total. The van der Waals surface area contributed by atoms with Crippen molar-refractivity contribution in [1.29, 1.82) is 0 Å². The maximum absolute atomic E-state index is 12.3. The van der Waals surface area contributed by atoms with Gasteiger partial charge < -0.3 is 4.90 Å². The first-order valence-electron chi connectivity index (χ1n) is 6.34. The Morgan fingerprint density at radius 3 is 2.90 bits per heavy atom. The van der Waals surface area contributed by atoms with Crippen molar-refractivity contribution in [3.05, 3.63) is 20.8 Å². The van der Waals surface area contributed by atoms with Crippen LogP contribution in [0.4, 0.5) is 0 Å². The minimum atomic E-state index is -3.17. The molecule has 0 aromatic carbocycles. The highest BCUT2D eigenvalue weighted by Crippen LogP contribution is 2.25. The zero-order valence-electron chi connectivity index (χ0n) is 11.1. The number of thiophene rings is 1. The zero-order chi connectivity index (χ0) is 14.8. The van der Waals surface area contributed by atoms with E-state index in [0.29, 0.717) is 18.0 Å². The minimum Gasteiger partial charge on any atom is -0.338 e. The van der Waals surface area contributed by atoms with Gasteiger partial charge in [-0.1, -0.05) is 0 Å². The van der Waals surface area contributed by atoms with Crippen molar-refractivity contribution < 1.29 is 13.2 Å². The molecule has 1 unspecified atom stereocenters. The number of nitrogens with zero attached hydrogens (tertiary/aromatic N) is 1. The SMILES string of the molecule is CS(=O)(=O)NCC1CCCN(C(=O)c2ccc(Br)s2)C1. The molecule has 112 valence electrons. The Labute approximate surface area is 131 Å². The Morgan fingerprint density at radius 1 is 1.55 bits per heavy atom. The van der Waals surface area contributed by atoms with Crippen molar-refractivity contribution in [3.63, 3.8) is 0 Å². The Hall–Kier alpha value is -0.440. The summed E-state index contributed by atoms with van der Waals surface area (Å²) >= 11 is 4.78. The lowest BCUT2D eigenvalue weighted by molar-refractivity contribution is 0.0681. The highest BCUT2D eigenvalue weighted by Gasteiger charge is 2.25. The van der Waals surface area contributed by atoms with E-state index in [2.05, 4.69) is 20.7 Å². The summed E-state index contributed by atoms with van der Waals surface area (Å²) in [6.45, 7) is 1.75. The fraction of sp³-hybridized carbons (Fsp3) is 0.583. The number of piperidine rings is 1. The summed E-state index contributed by atoms with van der Waals surface area (Å²) in [5.41, 5.74) is 0. The predicted molar refractivity (Wildman–Crippen MR) is 83.5 cm³/mol. The zero-order valence-corrected chi connectivity index (χ0v) is 14.4. The number of rotatable bonds is 4. The Morgan fingerprint density at radius 2 is 2.30 bits per heavy atom. The number of amides is 1. The molecule has 2 rings (SSSR count). The third-order valence-corrected chi connectivity index (χ3v) is 5.53. The molecule has 0 radical (unpaired) electrons. The number of halogens is 1. The van der Waals surface area contributed by atoms with E-state index >= 15 is 0 Å². The minimum absolute atomic E-state index is 0.0322. The molecule has 0 saturated carbocycles. The number of hydrogen-bond donors (Lipinski definition) is 1. The van der Waals surface area contributed by atoms with Crippen molar-refractivity contribution in [2.24, 2.45) is 5.92 Å². The molecule has 0 bridgehead atoms. The predicted octanol–water partition coefficient (Wildman–Crippen LogP) is 1.91. The number of sulfonamides is 1. The van der Waals surface area contributed by atoms with Gasteiger partial charge >= 0.3 is 0 Å². The van der Waals surface area contributed by atoms with E-state index in [4.69, 9.17) is 0 Å². The summed E-state index contributed by atoms with van der Waals surface area (Å²) in [6, 6.07) is 3.68. The first kappa shape index (κ1) is 15.9. The molecule has 1 aromatic rings. The summed E-state index contributed by atoms with van der Waals surface area (Å²) in [4.78, 5) is 14.9. The maximum atomic E-state index is 12.3. The van der Waals surface area contributed by atoms with E-state index in [0.717, 1.165) is 29.4 Å². The molecule has 2 heterocycles. The molecular formula is C12H17BrN2O3S2. The van der Waals surface area contributed by atoms with Crippen molar-refractivity contribution in [2.45, 2.75) is 12.8 Å². The molecule has 5 nitrogen and oxygen atoms in total. The molecule has 0 spiro atoms. The lowest BCUT2D eigenvalue weighted by Gasteiger charge is -2.32. The summed E-state index contributed by atoms with van der Waals surface area (Å²) in [5, 5.41) is 0. The van der Waals surface area contributed by atoms with Crippen LogP contribution in [0.2, 0.25) is 0 Å². The Kier molecular flexibility index (Phi) is 5.22. The first-order chi connectivity index (χ1) is 9.35. The normalized spacial score (nSPS) is 20.1. The Balaban J connectivity index is 1.94. The third kappa shape index (κ3) is 4.54. The lowest BCUT2D eigenvalue weighted by Crippen LogP contribution is -2.43. The van der Waals surface area contributed by atoms with Crippen LogP contribution in [0.3, 0.4) is 0 Å². The van der Waals surface area contributed by atoms with Crippen LogP contribution in [-0.4, -0.2) is 45.1 Å². The average Bonchev–Trinajstić information content (AvgIpc) is 2.82. The van der Waals surface area contributed by atoms with E-state index in [1.807, 2.05) is 17.0 Å². The maximum Gasteiger partial charge on any atom is 0.263 e. The molecule has 20 heavy (non-hydrogen) atoms. The van der Waals surface area contributed by atoms with E-state index in [-0.39, 0.29) is 11.8 Å². The average molecular weight is 381 g/mol. The van der Waals surface area contributed by atoms with Crippen molar-refractivity contribution in [2.75, 3.05) is 25.9 Å². The summed E-state index contributed by atoms with van der Waals surface area (Å²) < 4.78 is 25.7.